The molecule has 1 aliphatic heterocycles. The molecule has 1 amide bonds. The van der Waals surface area contributed by atoms with Crippen molar-refractivity contribution in [3.63, 3.8) is 0 Å². The van der Waals surface area contributed by atoms with Gasteiger partial charge < -0.3 is 4.74 Å². The van der Waals surface area contributed by atoms with Crippen molar-refractivity contribution in [3.05, 3.63) is 66.2 Å². The molecule has 1 heterocycles. The normalized spacial score (nSPS) is 25.4. The summed E-state index contributed by atoms with van der Waals surface area (Å²) < 4.78 is 5.51. The number of amides is 1. The monoisotopic (exact) mass is 267 g/mol. The number of rotatable bonds is 3. The number of methoxy groups -OCH3 is 1. The van der Waals surface area contributed by atoms with Crippen LogP contribution in [0, 0.1) is 0 Å². The lowest BCUT2D eigenvalue weighted by Gasteiger charge is -2.53. The first kappa shape index (κ1) is 12.9. The molecule has 0 aliphatic carbocycles. The molecule has 2 aromatic rings. The van der Waals surface area contributed by atoms with Crippen LogP contribution in [0.1, 0.15) is 18.5 Å². The van der Waals surface area contributed by atoms with Crippen molar-refractivity contribution >= 4 is 11.6 Å². The van der Waals surface area contributed by atoms with Gasteiger partial charge in [0.25, 0.3) is 5.91 Å². The lowest BCUT2D eigenvalue weighted by Crippen LogP contribution is -2.68. The number of carbonyl (C=O) groups is 1. The Morgan fingerprint density at radius 1 is 1.00 bits per heavy atom. The van der Waals surface area contributed by atoms with E-state index in [0.717, 1.165) is 11.3 Å². The number of anilines is 1. The molecule has 20 heavy (non-hydrogen) atoms. The first-order valence-corrected chi connectivity index (χ1v) is 6.67. The standard InChI is InChI=1S/C17H17NO2/c1-17(20-2)15(13-9-5-3-6-10-13)18(16(17)19)14-11-7-4-8-12-14/h3-12,15H,1-2H3/t15-,17+/m0/s1. The van der Waals surface area contributed by atoms with E-state index in [4.69, 9.17) is 4.74 Å². The van der Waals surface area contributed by atoms with Crippen molar-refractivity contribution in [1.29, 1.82) is 0 Å². The highest BCUT2D eigenvalue weighted by molar-refractivity contribution is 6.08. The van der Waals surface area contributed by atoms with Gasteiger partial charge in [0.15, 0.2) is 5.60 Å². The Morgan fingerprint density at radius 2 is 1.55 bits per heavy atom. The van der Waals surface area contributed by atoms with Gasteiger partial charge in [-0.1, -0.05) is 48.5 Å². The molecule has 1 saturated heterocycles. The quantitative estimate of drug-likeness (QED) is 0.799. The van der Waals surface area contributed by atoms with Crippen LogP contribution in [0.3, 0.4) is 0 Å². The molecule has 1 aliphatic rings. The first-order valence-electron chi connectivity index (χ1n) is 6.67. The third-order valence-electron chi connectivity index (χ3n) is 4.00. The maximum atomic E-state index is 12.5. The van der Waals surface area contributed by atoms with Gasteiger partial charge in [0.1, 0.15) is 0 Å². The van der Waals surface area contributed by atoms with Crippen molar-refractivity contribution in [2.45, 2.75) is 18.6 Å². The molecule has 0 bridgehead atoms. The van der Waals surface area contributed by atoms with Gasteiger partial charge in [0, 0.05) is 12.8 Å². The number of hydrogen-bond acceptors (Lipinski definition) is 2. The van der Waals surface area contributed by atoms with Crippen LogP contribution in [-0.4, -0.2) is 18.6 Å². The number of hydrogen-bond donors (Lipinski definition) is 0. The molecule has 3 heteroatoms. The molecular weight excluding hydrogens is 250 g/mol. The number of benzene rings is 2. The Hall–Kier alpha value is -2.13. The number of nitrogens with zero attached hydrogens (tertiary/aromatic N) is 1. The molecule has 3 rings (SSSR count). The first-order chi connectivity index (χ1) is 9.68. The molecular formula is C17H17NO2. The minimum absolute atomic E-state index is 0.0000491. The van der Waals surface area contributed by atoms with Crippen LogP contribution in [-0.2, 0) is 9.53 Å². The average Bonchev–Trinajstić information content (AvgIpc) is 2.52. The Bertz CT molecular complexity index is 611. The zero-order valence-electron chi connectivity index (χ0n) is 11.6. The van der Waals surface area contributed by atoms with Crippen molar-refractivity contribution in [3.8, 4) is 0 Å². The molecule has 3 nitrogen and oxygen atoms in total. The summed E-state index contributed by atoms with van der Waals surface area (Å²) in [6.07, 6.45) is 0. The van der Waals surface area contributed by atoms with Gasteiger partial charge in [0.05, 0.1) is 6.04 Å². The van der Waals surface area contributed by atoms with Gasteiger partial charge in [0.2, 0.25) is 0 Å². The van der Waals surface area contributed by atoms with E-state index in [9.17, 15) is 4.79 Å². The molecule has 2 atom stereocenters. The number of carbonyl (C=O) groups excluding carboxylic acids is 1. The molecule has 0 saturated carbocycles. The van der Waals surface area contributed by atoms with Crippen LogP contribution in [0.15, 0.2) is 60.7 Å². The minimum atomic E-state index is -0.794. The van der Waals surface area contributed by atoms with E-state index in [-0.39, 0.29) is 11.9 Å². The fraction of sp³-hybridized carbons (Fsp3) is 0.235. The Morgan fingerprint density at radius 3 is 2.10 bits per heavy atom. The van der Waals surface area contributed by atoms with Crippen LogP contribution in [0.5, 0.6) is 0 Å². The molecule has 1 fully saturated rings. The largest absolute Gasteiger partial charge is 0.366 e. The summed E-state index contributed by atoms with van der Waals surface area (Å²) in [5.74, 6) is 0.0000491. The van der Waals surface area contributed by atoms with E-state index in [1.165, 1.54) is 0 Å². The van der Waals surface area contributed by atoms with E-state index in [2.05, 4.69) is 0 Å². The zero-order chi connectivity index (χ0) is 14.2. The fourth-order valence-electron chi connectivity index (χ4n) is 2.81. The van der Waals surface area contributed by atoms with Crippen LogP contribution < -0.4 is 4.90 Å². The highest BCUT2D eigenvalue weighted by Gasteiger charge is 2.59. The van der Waals surface area contributed by atoms with Gasteiger partial charge in [-0.3, -0.25) is 9.69 Å². The molecule has 0 unspecified atom stereocenters. The van der Waals surface area contributed by atoms with Crippen LogP contribution in [0.25, 0.3) is 0 Å². The zero-order valence-corrected chi connectivity index (χ0v) is 11.6. The maximum absolute atomic E-state index is 12.5. The number of ether oxygens (including phenoxy) is 1. The SMILES string of the molecule is CO[C@@]1(C)C(=O)N(c2ccccc2)[C@H]1c1ccccc1. The predicted molar refractivity (Wildman–Crippen MR) is 78.5 cm³/mol. The van der Waals surface area contributed by atoms with Crippen molar-refractivity contribution in [1.82, 2.24) is 0 Å². The van der Waals surface area contributed by atoms with E-state index in [0.29, 0.717) is 0 Å². The van der Waals surface area contributed by atoms with Gasteiger partial charge in [-0.2, -0.15) is 0 Å². The van der Waals surface area contributed by atoms with E-state index >= 15 is 0 Å². The lowest BCUT2D eigenvalue weighted by atomic mass is 9.78. The molecule has 0 spiro atoms. The number of β-lactam (4-membered cyclic amide) rings is 1. The second-order valence-corrected chi connectivity index (χ2v) is 5.14. The topological polar surface area (TPSA) is 29.5 Å². The predicted octanol–water partition coefficient (Wildman–Crippen LogP) is 3.18. The fourth-order valence-corrected chi connectivity index (χ4v) is 2.81. The Labute approximate surface area is 118 Å². The summed E-state index contributed by atoms with van der Waals surface area (Å²) in [6.45, 7) is 1.85. The summed E-state index contributed by atoms with van der Waals surface area (Å²) in [5, 5.41) is 0. The lowest BCUT2D eigenvalue weighted by molar-refractivity contribution is -0.156. The summed E-state index contributed by atoms with van der Waals surface area (Å²) in [4.78, 5) is 14.3. The molecule has 102 valence electrons. The summed E-state index contributed by atoms with van der Waals surface area (Å²) in [7, 11) is 1.59. The summed E-state index contributed by atoms with van der Waals surface area (Å²) in [5.41, 5.74) is 1.19. The summed E-state index contributed by atoms with van der Waals surface area (Å²) >= 11 is 0. The highest BCUT2D eigenvalue weighted by Crippen LogP contribution is 2.47. The Balaban J connectivity index is 2.05. The minimum Gasteiger partial charge on any atom is -0.366 e. The third kappa shape index (κ3) is 1.74. The second kappa shape index (κ2) is 4.76. The number of para-hydroxylation sites is 1. The van der Waals surface area contributed by atoms with Crippen molar-refractivity contribution in [2.75, 3.05) is 12.0 Å². The van der Waals surface area contributed by atoms with E-state index in [1.807, 2.05) is 67.6 Å². The molecule has 2 aromatic carbocycles. The van der Waals surface area contributed by atoms with Gasteiger partial charge >= 0.3 is 0 Å². The third-order valence-corrected chi connectivity index (χ3v) is 4.00. The Kier molecular flexibility index (Phi) is 3.07. The van der Waals surface area contributed by atoms with Crippen molar-refractivity contribution < 1.29 is 9.53 Å². The smallest absolute Gasteiger partial charge is 0.262 e. The molecule has 0 N–H and O–H groups in total. The summed E-state index contributed by atoms with van der Waals surface area (Å²) in [6, 6.07) is 19.6. The van der Waals surface area contributed by atoms with Gasteiger partial charge in [-0.15, -0.1) is 0 Å². The average molecular weight is 267 g/mol. The van der Waals surface area contributed by atoms with Crippen LogP contribution in [0.2, 0.25) is 0 Å². The van der Waals surface area contributed by atoms with E-state index < -0.39 is 5.60 Å². The van der Waals surface area contributed by atoms with E-state index in [1.54, 1.807) is 12.0 Å². The molecule has 0 aromatic heterocycles. The molecule has 0 radical (unpaired) electrons. The second-order valence-electron chi connectivity index (χ2n) is 5.14. The van der Waals surface area contributed by atoms with Crippen LogP contribution in [0.4, 0.5) is 5.69 Å². The highest BCUT2D eigenvalue weighted by atomic mass is 16.5. The van der Waals surface area contributed by atoms with Crippen LogP contribution >= 0.6 is 0 Å². The van der Waals surface area contributed by atoms with Crippen molar-refractivity contribution in [2.24, 2.45) is 0 Å². The van der Waals surface area contributed by atoms with Gasteiger partial charge in [-0.25, -0.2) is 0 Å². The maximum Gasteiger partial charge on any atom is 0.262 e. The van der Waals surface area contributed by atoms with Gasteiger partial charge in [-0.05, 0) is 24.6 Å².